The molecule has 6 heteroatoms. The summed E-state index contributed by atoms with van der Waals surface area (Å²) >= 11 is 5.90. The average molecular weight is 275 g/mol. The van der Waals surface area contributed by atoms with Gasteiger partial charge in [0.2, 0.25) is 5.89 Å². The van der Waals surface area contributed by atoms with E-state index in [1.807, 2.05) is 6.07 Å². The van der Waals surface area contributed by atoms with E-state index in [9.17, 15) is 10.1 Å². The topological polar surface area (TPSA) is 69.2 Å². The number of nitro groups is 1. The van der Waals surface area contributed by atoms with Crippen molar-refractivity contribution in [2.75, 3.05) is 0 Å². The van der Waals surface area contributed by atoms with Gasteiger partial charge in [0.25, 0.3) is 5.69 Å². The Morgan fingerprint density at radius 1 is 1.21 bits per heavy atom. The maximum Gasteiger partial charge on any atom is 0.271 e. The highest BCUT2D eigenvalue weighted by molar-refractivity contribution is 6.30. The van der Waals surface area contributed by atoms with E-state index in [1.165, 1.54) is 18.2 Å². The quantitative estimate of drug-likeness (QED) is 0.522. The van der Waals surface area contributed by atoms with E-state index in [0.717, 1.165) is 5.56 Å². The molecule has 0 saturated carbocycles. The first kappa shape index (κ1) is 11.7. The van der Waals surface area contributed by atoms with Crippen LogP contribution in [0.15, 0.2) is 46.9 Å². The van der Waals surface area contributed by atoms with Gasteiger partial charge in [0.1, 0.15) is 5.52 Å². The monoisotopic (exact) mass is 274 g/mol. The zero-order valence-electron chi connectivity index (χ0n) is 9.54. The van der Waals surface area contributed by atoms with Crippen molar-refractivity contribution >= 4 is 28.4 Å². The van der Waals surface area contributed by atoms with Crippen molar-refractivity contribution in [2.24, 2.45) is 0 Å². The van der Waals surface area contributed by atoms with Gasteiger partial charge in [-0.05, 0) is 24.3 Å². The van der Waals surface area contributed by atoms with Crippen LogP contribution in [0.4, 0.5) is 5.69 Å². The van der Waals surface area contributed by atoms with Gasteiger partial charge in [0.15, 0.2) is 5.58 Å². The highest BCUT2D eigenvalue weighted by atomic mass is 35.5. The molecule has 0 radical (unpaired) electrons. The number of nitrogens with zero attached hydrogens (tertiary/aromatic N) is 2. The fourth-order valence-corrected chi connectivity index (χ4v) is 1.96. The van der Waals surface area contributed by atoms with E-state index in [-0.39, 0.29) is 5.69 Å². The Hall–Kier alpha value is -2.40. The maximum atomic E-state index is 10.7. The molecule has 5 nitrogen and oxygen atoms in total. The van der Waals surface area contributed by atoms with Gasteiger partial charge in [-0.15, -0.1) is 0 Å². The lowest BCUT2D eigenvalue weighted by Gasteiger charge is -1.94. The molecular weight excluding hydrogens is 268 g/mol. The summed E-state index contributed by atoms with van der Waals surface area (Å²) < 4.78 is 5.55. The minimum Gasteiger partial charge on any atom is -0.436 e. The zero-order chi connectivity index (χ0) is 13.4. The van der Waals surface area contributed by atoms with Crippen molar-refractivity contribution in [3.63, 3.8) is 0 Å². The summed E-state index contributed by atoms with van der Waals surface area (Å²) in [6.07, 6.45) is 0. The summed E-state index contributed by atoms with van der Waals surface area (Å²) in [5.74, 6) is 0.387. The maximum absolute atomic E-state index is 10.7. The number of nitro benzene ring substituents is 1. The number of halogens is 1. The zero-order valence-corrected chi connectivity index (χ0v) is 10.3. The fraction of sp³-hybridized carbons (Fsp3) is 0. The second kappa shape index (κ2) is 4.37. The smallest absolute Gasteiger partial charge is 0.271 e. The largest absolute Gasteiger partial charge is 0.436 e. The molecule has 1 heterocycles. The van der Waals surface area contributed by atoms with Crippen LogP contribution in [0, 0.1) is 10.1 Å². The number of hydrogen-bond donors (Lipinski definition) is 0. The first-order valence-corrected chi connectivity index (χ1v) is 5.82. The number of aromatic nitrogens is 1. The molecule has 19 heavy (non-hydrogen) atoms. The van der Waals surface area contributed by atoms with Crippen LogP contribution < -0.4 is 0 Å². The first-order valence-electron chi connectivity index (χ1n) is 5.44. The summed E-state index contributed by atoms with van der Waals surface area (Å²) in [6.45, 7) is 0. The summed E-state index contributed by atoms with van der Waals surface area (Å²) in [5.41, 5.74) is 1.66. The highest BCUT2D eigenvalue weighted by Gasteiger charge is 2.12. The molecule has 0 aliphatic rings. The third kappa shape index (κ3) is 2.15. The van der Waals surface area contributed by atoms with E-state index in [2.05, 4.69) is 4.98 Å². The number of non-ortho nitro benzene ring substituents is 1. The van der Waals surface area contributed by atoms with Crippen LogP contribution in [0.25, 0.3) is 22.6 Å². The minimum absolute atomic E-state index is 0.0153. The molecule has 0 amide bonds. The van der Waals surface area contributed by atoms with Gasteiger partial charge < -0.3 is 4.42 Å². The van der Waals surface area contributed by atoms with Crippen LogP contribution >= 0.6 is 11.6 Å². The van der Waals surface area contributed by atoms with E-state index in [1.54, 1.807) is 18.2 Å². The van der Waals surface area contributed by atoms with Gasteiger partial charge in [0, 0.05) is 22.7 Å². The molecule has 0 aliphatic heterocycles. The summed E-state index contributed by atoms with van der Waals surface area (Å²) in [5, 5.41) is 11.3. The summed E-state index contributed by atoms with van der Waals surface area (Å²) in [7, 11) is 0. The predicted octanol–water partition coefficient (Wildman–Crippen LogP) is 4.06. The van der Waals surface area contributed by atoms with E-state index >= 15 is 0 Å². The Labute approximate surface area is 112 Å². The van der Waals surface area contributed by atoms with Gasteiger partial charge in [-0.1, -0.05) is 17.7 Å². The molecule has 0 bridgehead atoms. The van der Waals surface area contributed by atoms with E-state index < -0.39 is 4.92 Å². The molecular formula is C13H7ClN2O3. The molecule has 0 aliphatic carbocycles. The molecule has 0 N–H and O–H groups in total. The van der Waals surface area contributed by atoms with E-state index in [0.29, 0.717) is 22.0 Å². The summed E-state index contributed by atoms with van der Waals surface area (Å²) in [4.78, 5) is 14.5. The van der Waals surface area contributed by atoms with Crippen molar-refractivity contribution in [3.8, 4) is 11.5 Å². The predicted molar refractivity (Wildman–Crippen MR) is 71.1 cm³/mol. The second-order valence-corrected chi connectivity index (χ2v) is 4.37. The van der Waals surface area contributed by atoms with Gasteiger partial charge in [0.05, 0.1) is 4.92 Å². The van der Waals surface area contributed by atoms with Crippen LogP contribution in [0.1, 0.15) is 0 Å². The number of rotatable bonds is 2. The fourth-order valence-electron chi connectivity index (χ4n) is 1.77. The number of hydrogen-bond acceptors (Lipinski definition) is 4. The molecule has 3 rings (SSSR count). The average Bonchev–Trinajstić information content (AvgIpc) is 2.81. The van der Waals surface area contributed by atoms with Gasteiger partial charge >= 0.3 is 0 Å². The molecule has 94 valence electrons. The van der Waals surface area contributed by atoms with Crippen LogP contribution in [0.2, 0.25) is 5.02 Å². The first-order chi connectivity index (χ1) is 9.13. The van der Waals surface area contributed by atoms with E-state index in [4.69, 9.17) is 16.0 Å². The van der Waals surface area contributed by atoms with Crippen molar-refractivity contribution in [3.05, 3.63) is 57.6 Å². The lowest BCUT2D eigenvalue weighted by molar-refractivity contribution is -0.384. The molecule has 0 saturated heterocycles. The highest BCUT2D eigenvalue weighted by Crippen LogP contribution is 2.28. The third-order valence-electron chi connectivity index (χ3n) is 2.65. The molecule has 0 spiro atoms. The van der Waals surface area contributed by atoms with Gasteiger partial charge in [-0.25, -0.2) is 4.98 Å². The van der Waals surface area contributed by atoms with Gasteiger partial charge in [-0.3, -0.25) is 10.1 Å². The van der Waals surface area contributed by atoms with Crippen molar-refractivity contribution in [1.29, 1.82) is 0 Å². The van der Waals surface area contributed by atoms with Gasteiger partial charge in [-0.2, -0.15) is 0 Å². The Bertz CT molecular complexity index is 782. The number of oxazole rings is 1. The van der Waals surface area contributed by atoms with Crippen LogP contribution in [0.5, 0.6) is 0 Å². The Morgan fingerprint density at radius 3 is 2.79 bits per heavy atom. The second-order valence-electron chi connectivity index (χ2n) is 3.94. The summed E-state index contributed by atoms with van der Waals surface area (Å²) in [6, 6.07) is 11.4. The van der Waals surface area contributed by atoms with Crippen LogP contribution in [-0.4, -0.2) is 9.91 Å². The normalized spacial score (nSPS) is 10.8. The minimum atomic E-state index is -0.465. The lowest BCUT2D eigenvalue weighted by atomic mass is 10.2. The Morgan fingerprint density at radius 2 is 2.05 bits per heavy atom. The number of benzene rings is 2. The Kier molecular flexibility index (Phi) is 2.68. The van der Waals surface area contributed by atoms with Crippen LogP contribution in [0.3, 0.4) is 0 Å². The molecule has 2 aromatic carbocycles. The molecule has 0 unspecified atom stereocenters. The standard InChI is InChI=1S/C13H7ClN2O3/c14-9-3-1-2-8(6-9)13-15-11-7-10(16(17)18)4-5-12(11)19-13/h1-7H. The van der Waals surface area contributed by atoms with Crippen molar-refractivity contribution in [1.82, 2.24) is 4.98 Å². The van der Waals surface area contributed by atoms with Crippen molar-refractivity contribution < 1.29 is 9.34 Å². The third-order valence-corrected chi connectivity index (χ3v) is 2.89. The molecule has 1 aromatic heterocycles. The number of fused-ring (bicyclic) bond motifs is 1. The molecule has 3 aromatic rings. The van der Waals surface area contributed by atoms with Crippen LogP contribution in [-0.2, 0) is 0 Å². The molecule has 0 fully saturated rings. The lowest BCUT2D eigenvalue weighted by Crippen LogP contribution is -1.86. The van der Waals surface area contributed by atoms with Crippen molar-refractivity contribution in [2.45, 2.75) is 0 Å². The molecule has 0 atom stereocenters. The SMILES string of the molecule is O=[N+]([O-])c1ccc2oc(-c3cccc(Cl)c3)nc2c1. The Balaban J connectivity index is 2.14.